The molecule has 0 bridgehead atoms. The molecule has 0 unspecified atom stereocenters. The van der Waals surface area contributed by atoms with Crippen molar-refractivity contribution in [2.45, 2.75) is 38.7 Å². The molecule has 0 aliphatic rings. The zero-order valence-corrected chi connectivity index (χ0v) is 12.1. The van der Waals surface area contributed by atoms with Gasteiger partial charge >= 0.3 is 0 Å². The molecule has 3 nitrogen and oxygen atoms in total. The van der Waals surface area contributed by atoms with Gasteiger partial charge in [-0.15, -0.1) is 0 Å². The fourth-order valence-corrected chi connectivity index (χ4v) is 1.98. The fourth-order valence-electron chi connectivity index (χ4n) is 1.98. The van der Waals surface area contributed by atoms with Crippen molar-refractivity contribution in [2.75, 3.05) is 20.2 Å². The molecule has 1 rings (SSSR count). The van der Waals surface area contributed by atoms with Crippen molar-refractivity contribution in [3.8, 4) is 5.75 Å². The van der Waals surface area contributed by atoms with Crippen molar-refractivity contribution in [3.05, 3.63) is 29.8 Å². The standard InChI is InChI=1S/C15H25NO2/c1-14(2,10-16-11-15(3,4)17)12-8-6-7-9-13(12)18-5/h6-9,16-17H,10-11H2,1-5H3. The third-order valence-corrected chi connectivity index (χ3v) is 2.96. The minimum absolute atomic E-state index is 0.0438. The summed E-state index contributed by atoms with van der Waals surface area (Å²) in [7, 11) is 1.69. The lowest BCUT2D eigenvalue weighted by atomic mass is 9.83. The number of rotatable bonds is 6. The number of ether oxygens (including phenoxy) is 1. The van der Waals surface area contributed by atoms with Gasteiger partial charge in [-0.3, -0.25) is 0 Å². The Morgan fingerprint density at radius 1 is 1.11 bits per heavy atom. The van der Waals surface area contributed by atoms with Gasteiger partial charge in [-0.05, 0) is 19.9 Å². The topological polar surface area (TPSA) is 41.5 Å². The molecular formula is C15H25NO2. The zero-order chi connectivity index (χ0) is 13.8. The van der Waals surface area contributed by atoms with Crippen LogP contribution < -0.4 is 10.1 Å². The molecule has 0 saturated heterocycles. The molecule has 18 heavy (non-hydrogen) atoms. The molecule has 1 aromatic carbocycles. The highest BCUT2D eigenvalue weighted by molar-refractivity contribution is 5.39. The highest BCUT2D eigenvalue weighted by Gasteiger charge is 2.24. The second kappa shape index (κ2) is 5.72. The Kier molecular flexibility index (Phi) is 4.77. The lowest BCUT2D eigenvalue weighted by Gasteiger charge is -2.29. The molecule has 0 aliphatic heterocycles. The van der Waals surface area contributed by atoms with E-state index in [1.807, 2.05) is 18.2 Å². The molecule has 3 heteroatoms. The van der Waals surface area contributed by atoms with Crippen LogP contribution in [0.25, 0.3) is 0 Å². The van der Waals surface area contributed by atoms with Crippen LogP contribution in [0.4, 0.5) is 0 Å². The van der Waals surface area contributed by atoms with Crippen LogP contribution in [0.1, 0.15) is 33.3 Å². The summed E-state index contributed by atoms with van der Waals surface area (Å²) in [6.07, 6.45) is 0. The zero-order valence-electron chi connectivity index (χ0n) is 12.1. The first-order chi connectivity index (χ1) is 8.26. The van der Waals surface area contributed by atoms with E-state index >= 15 is 0 Å². The van der Waals surface area contributed by atoms with E-state index in [1.54, 1.807) is 21.0 Å². The summed E-state index contributed by atoms with van der Waals surface area (Å²) >= 11 is 0. The van der Waals surface area contributed by atoms with E-state index < -0.39 is 5.60 Å². The minimum Gasteiger partial charge on any atom is -0.496 e. The summed E-state index contributed by atoms with van der Waals surface area (Å²) in [6, 6.07) is 8.07. The maximum atomic E-state index is 9.70. The number of hydrogen-bond donors (Lipinski definition) is 2. The van der Waals surface area contributed by atoms with Gasteiger partial charge in [0.05, 0.1) is 12.7 Å². The Morgan fingerprint density at radius 2 is 1.72 bits per heavy atom. The summed E-state index contributed by atoms with van der Waals surface area (Å²) in [5, 5.41) is 13.0. The molecular weight excluding hydrogens is 226 g/mol. The van der Waals surface area contributed by atoms with E-state index in [2.05, 4.69) is 25.2 Å². The predicted octanol–water partition coefficient (Wildman–Crippen LogP) is 2.33. The lowest BCUT2D eigenvalue weighted by Crippen LogP contribution is -2.41. The number of benzene rings is 1. The van der Waals surface area contributed by atoms with E-state index in [4.69, 9.17) is 4.74 Å². The van der Waals surface area contributed by atoms with E-state index in [0.717, 1.165) is 12.3 Å². The first kappa shape index (κ1) is 15.0. The Morgan fingerprint density at radius 3 is 2.28 bits per heavy atom. The Balaban J connectivity index is 2.73. The van der Waals surface area contributed by atoms with Crippen molar-refractivity contribution in [1.82, 2.24) is 5.32 Å². The van der Waals surface area contributed by atoms with Crippen molar-refractivity contribution in [3.63, 3.8) is 0 Å². The summed E-state index contributed by atoms with van der Waals surface area (Å²) < 4.78 is 5.40. The molecule has 0 heterocycles. The summed E-state index contributed by atoms with van der Waals surface area (Å²) in [6.45, 7) is 9.31. The third kappa shape index (κ3) is 4.31. The molecule has 1 aromatic rings. The SMILES string of the molecule is COc1ccccc1C(C)(C)CNCC(C)(C)O. The van der Waals surface area contributed by atoms with Gasteiger partial charge in [-0.25, -0.2) is 0 Å². The monoisotopic (exact) mass is 251 g/mol. The minimum atomic E-state index is -0.684. The van der Waals surface area contributed by atoms with Crippen LogP contribution in [0.5, 0.6) is 5.75 Å². The largest absolute Gasteiger partial charge is 0.496 e. The average Bonchev–Trinajstić information content (AvgIpc) is 2.27. The number of hydrogen-bond acceptors (Lipinski definition) is 3. The van der Waals surface area contributed by atoms with Gasteiger partial charge < -0.3 is 15.2 Å². The quantitative estimate of drug-likeness (QED) is 0.815. The van der Waals surface area contributed by atoms with Crippen LogP contribution in [0.15, 0.2) is 24.3 Å². The number of nitrogens with one attached hydrogen (secondary N) is 1. The van der Waals surface area contributed by atoms with Crippen LogP contribution in [-0.2, 0) is 5.41 Å². The fraction of sp³-hybridized carbons (Fsp3) is 0.600. The molecule has 0 radical (unpaired) electrons. The Bertz CT molecular complexity index is 380. The Hall–Kier alpha value is -1.06. The molecule has 0 atom stereocenters. The predicted molar refractivity (Wildman–Crippen MR) is 75.2 cm³/mol. The highest BCUT2D eigenvalue weighted by Crippen LogP contribution is 2.30. The number of methoxy groups -OCH3 is 1. The van der Waals surface area contributed by atoms with Crippen molar-refractivity contribution in [2.24, 2.45) is 0 Å². The molecule has 0 amide bonds. The lowest BCUT2D eigenvalue weighted by molar-refractivity contribution is 0.0785. The third-order valence-electron chi connectivity index (χ3n) is 2.96. The van der Waals surface area contributed by atoms with E-state index in [9.17, 15) is 5.11 Å². The second-order valence-corrected chi connectivity index (χ2v) is 6.00. The molecule has 0 fully saturated rings. The summed E-state index contributed by atoms with van der Waals surface area (Å²) in [5.74, 6) is 0.910. The van der Waals surface area contributed by atoms with E-state index in [0.29, 0.717) is 6.54 Å². The molecule has 2 N–H and O–H groups in total. The maximum absolute atomic E-state index is 9.70. The van der Waals surface area contributed by atoms with E-state index in [-0.39, 0.29) is 5.41 Å². The molecule has 0 spiro atoms. The van der Waals surface area contributed by atoms with Crippen LogP contribution in [0.3, 0.4) is 0 Å². The number of para-hydroxylation sites is 1. The first-order valence-electron chi connectivity index (χ1n) is 6.33. The van der Waals surface area contributed by atoms with Crippen LogP contribution in [-0.4, -0.2) is 30.9 Å². The van der Waals surface area contributed by atoms with Gasteiger partial charge in [0.1, 0.15) is 5.75 Å². The van der Waals surface area contributed by atoms with E-state index in [1.165, 1.54) is 5.56 Å². The van der Waals surface area contributed by atoms with Crippen LogP contribution in [0.2, 0.25) is 0 Å². The highest BCUT2D eigenvalue weighted by atomic mass is 16.5. The summed E-state index contributed by atoms with van der Waals surface area (Å²) in [5.41, 5.74) is 0.449. The average molecular weight is 251 g/mol. The molecule has 0 aliphatic carbocycles. The Labute approximate surface area is 110 Å². The van der Waals surface area contributed by atoms with Gasteiger partial charge in [-0.2, -0.15) is 0 Å². The van der Waals surface area contributed by atoms with Gasteiger partial charge in [-0.1, -0.05) is 32.0 Å². The van der Waals surface area contributed by atoms with Gasteiger partial charge in [0.25, 0.3) is 0 Å². The number of aliphatic hydroxyl groups is 1. The van der Waals surface area contributed by atoms with Crippen molar-refractivity contribution >= 4 is 0 Å². The van der Waals surface area contributed by atoms with Crippen LogP contribution in [0, 0.1) is 0 Å². The summed E-state index contributed by atoms with van der Waals surface area (Å²) in [4.78, 5) is 0. The van der Waals surface area contributed by atoms with Gasteiger partial charge in [0.15, 0.2) is 0 Å². The van der Waals surface area contributed by atoms with Crippen molar-refractivity contribution < 1.29 is 9.84 Å². The first-order valence-corrected chi connectivity index (χ1v) is 6.33. The normalized spacial score (nSPS) is 12.6. The van der Waals surface area contributed by atoms with Crippen LogP contribution >= 0.6 is 0 Å². The van der Waals surface area contributed by atoms with Gasteiger partial charge in [0, 0.05) is 24.1 Å². The smallest absolute Gasteiger partial charge is 0.122 e. The van der Waals surface area contributed by atoms with Gasteiger partial charge in [0.2, 0.25) is 0 Å². The molecule has 102 valence electrons. The van der Waals surface area contributed by atoms with Crippen molar-refractivity contribution in [1.29, 1.82) is 0 Å². The maximum Gasteiger partial charge on any atom is 0.122 e. The second-order valence-electron chi connectivity index (χ2n) is 6.00. The molecule has 0 saturated carbocycles. The molecule has 0 aromatic heterocycles.